The van der Waals surface area contributed by atoms with Gasteiger partial charge in [0, 0.05) is 18.8 Å². The minimum Gasteiger partial charge on any atom is -0.371 e. The molecule has 1 aromatic rings. The van der Waals surface area contributed by atoms with E-state index in [0.717, 1.165) is 31.5 Å². The SMILES string of the molecule is CC(C)c1ccc(N2CCCC2)c(C(F)(F)F)c1. The number of nitrogens with zero attached hydrogens (tertiary/aromatic N) is 1. The highest BCUT2D eigenvalue weighted by atomic mass is 19.4. The van der Waals surface area contributed by atoms with E-state index in [-0.39, 0.29) is 5.92 Å². The van der Waals surface area contributed by atoms with Crippen LogP contribution in [0.4, 0.5) is 18.9 Å². The van der Waals surface area contributed by atoms with Gasteiger partial charge in [-0.15, -0.1) is 0 Å². The Morgan fingerprint density at radius 3 is 2.22 bits per heavy atom. The zero-order valence-corrected chi connectivity index (χ0v) is 10.7. The summed E-state index contributed by atoms with van der Waals surface area (Å²) in [6.45, 7) is 5.27. The second-order valence-corrected chi connectivity index (χ2v) is 5.12. The first kappa shape index (κ1) is 13.2. The van der Waals surface area contributed by atoms with Crippen molar-refractivity contribution in [2.45, 2.75) is 38.8 Å². The van der Waals surface area contributed by atoms with Crippen LogP contribution in [-0.4, -0.2) is 13.1 Å². The van der Waals surface area contributed by atoms with Gasteiger partial charge >= 0.3 is 6.18 Å². The van der Waals surface area contributed by atoms with Gasteiger partial charge in [0.2, 0.25) is 0 Å². The Hall–Kier alpha value is -1.19. The van der Waals surface area contributed by atoms with E-state index < -0.39 is 11.7 Å². The Bertz CT molecular complexity index is 418. The molecule has 100 valence electrons. The van der Waals surface area contributed by atoms with Crippen molar-refractivity contribution in [2.24, 2.45) is 0 Å². The molecule has 0 atom stereocenters. The van der Waals surface area contributed by atoms with Crippen LogP contribution in [0, 0.1) is 0 Å². The Morgan fingerprint density at radius 2 is 1.72 bits per heavy atom. The van der Waals surface area contributed by atoms with Crippen molar-refractivity contribution in [3.05, 3.63) is 29.3 Å². The van der Waals surface area contributed by atoms with E-state index >= 15 is 0 Å². The topological polar surface area (TPSA) is 3.24 Å². The van der Waals surface area contributed by atoms with E-state index in [1.165, 1.54) is 6.07 Å². The quantitative estimate of drug-likeness (QED) is 0.757. The number of halogens is 3. The van der Waals surface area contributed by atoms with Crippen LogP contribution in [0.25, 0.3) is 0 Å². The molecule has 18 heavy (non-hydrogen) atoms. The molecule has 1 nitrogen and oxygen atoms in total. The molecule has 0 saturated carbocycles. The molecular formula is C14H18F3N. The molecule has 1 aliphatic heterocycles. The van der Waals surface area contributed by atoms with Crippen LogP contribution < -0.4 is 4.90 Å². The van der Waals surface area contributed by atoms with Gasteiger partial charge in [-0.05, 0) is 36.5 Å². The number of benzene rings is 1. The fourth-order valence-electron chi connectivity index (χ4n) is 2.37. The highest BCUT2D eigenvalue weighted by Gasteiger charge is 2.35. The summed E-state index contributed by atoms with van der Waals surface area (Å²) in [6, 6.07) is 4.75. The third-order valence-electron chi connectivity index (χ3n) is 3.44. The van der Waals surface area contributed by atoms with Crippen molar-refractivity contribution in [1.29, 1.82) is 0 Å². The summed E-state index contributed by atoms with van der Waals surface area (Å²) in [6.07, 6.45) is -2.32. The molecule has 0 spiro atoms. The molecule has 0 unspecified atom stereocenters. The van der Waals surface area contributed by atoms with Crippen LogP contribution >= 0.6 is 0 Å². The first-order chi connectivity index (χ1) is 8.39. The number of alkyl halides is 3. The minimum absolute atomic E-state index is 0.110. The van der Waals surface area contributed by atoms with Crippen LogP contribution in [0.1, 0.15) is 43.7 Å². The van der Waals surface area contributed by atoms with E-state index in [0.29, 0.717) is 5.69 Å². The van der Waals surface area contributed by atoms with E-state index in [4.69, 9.17) is 0 Å². The molecule has 1 heterocycles. The zero-order valence-electron chi connectivity index (χ0n) is 10.7. The smallest absolute Gasteiger partial charge is 0.371 e. The van der Waals surface area contributed by atoms with E-state index in [9.17, 15) is 13.2 Å². The molecule has 0 aromatic heterocycles. The summed E-state index contributed by atoms with van der Waals surface area (Å²) in [7, 11) is 0. The molecule has 4 heteroatoms. The molecular weight excluding hydrogens is 239 g/mol. The summed E-state index contributed by atoms with van der Waals surface area (Å²) < 4.78 is 39.4. The van der Waals surface area contributed by atoms with E-state index in [1.807, 2.05) is 24.8 Å². The molecule has 1 aliphatic rings. The van der Waals surface area contributed by atoms with Crippen LogP contribution in [0.15, 0.2) is 18.2 Å². The molecule has 1 fully saturated rings. The van der Waals surface area contributed by atoms with Gasteiger partial charge in [0.05, 0.1) is 5.56 Å². The summed E-state index contributed by atoms with van der Waals surface area (Å²) >= 11 is 0. The van der Waals surface area contributed by atoms with Gasteiger partial charge in [-0.1, -0.05) is 19.9 Å². The Balaban J connectivity index is 2.45. The van der Waals surface area contributed by atoms with Crippen molar-refractivity contribution in [3.63, 3.8) is 0 Å². The molecule has 0 N–H and O–H groups in total. The van der Waals surface area contributed by atoms with Gasteiger partial charge in [-0.3, -0.25) is 0 Å². The maximum absolute atomic E-state index is 13.1. The first-order valence-corrected chi connectivity index (χ1v) is 6.35. The highest BCUT2D eigenvalue weighted by molar-refractivity contribution is 5.57. The average Bonchev–Trinajstić information content (AvgIpc) is 2.80. The van der Waals surface area contributed by atoms with Crippen LogP contribution in [0.3, 0.4) is 0 Å². The average molecular weight is 257 g/mol. The maximum Gasteiger partial charge on any atom is 0.418 e. The highest BCUT2D eigenvalue weighted by Crippen LogP contribution is 2.39. The normalized spacial score (nSPS) is 16.7. The third-order valence-corrected chi connectivity index (χ3v) is 3.44. The Morgan fingerprint density at radius 1 is 1.11 bits per heavy atom. The zero-order chi connectivity index (χ0) is 13.3. The third kappa shape index (κ3) is 2.62. The van der Waals surface area contributed by atoms with Gasteiger partial charge in [-0.2, -0.15) is 13.2 Å². The monoisotopic (exact) mass is 257 g/mol. The van der Waals surface area contributed by atoms with Crippen molar-refractivity contribution >= 4 is 5.69 Å². The fourth-order valence-corrected chi connectivity index (χ4v) is 2.37. The minimum atomic E-state index is -4.27. The molecule has 0 amide bonds. The van der Waals surface area contributed by atoms with Crippen molar-refractivity contribution in [1.82, 2.24) is 0 Å². The fraction of sp³-hybridized carbons (Fsp3) is 0.571. The first-order valence-electron chi connectivity index (χ1n) is 6.35. The largest absolute Gasteiger partial charge is 0.418 e. The number of hydrogen-bond donors (Lipinski definition) is 0. The molecule has 0 bridgehead atoms. The summed E-state index contributed by atoms with van der Waals surface area (Å²) in [5.74, 6) is 0.110. The second kappa shape index (κ2) is 4.82. The van der Waals surface area contributed by atoms with Gasteiger partial charge in [-0.25, -0.2) is 0 Å². The van der Waals surface area contributed by atoms with Gasteiger partial charge < -0.3 is 4.90 Å². The molecule has 2 rings (SSSR count). The van der Waals surface area contributed by atoms with Crippen molar-refractivity contribution < 1.29 is 13.2 Å². The van der Waals surface area contributed by atoms with Crippen molar-refractivity contribution in [3.8, 4) is 0 Å². The Labute approximate surface area is 106 Å². The molecule has 1 aromatic carbocycles. The lowest BCUT2D eigenvalue weighted by Crippen LogP contribution is -2.22. The van der Waals surface area contributed by atoms with Crippen molar-refractivity contribution in [2.75, 3.05) is 18.0 Å². The lowest BCUT2D eigenvalue weighted by Gasteiger charge is -2.23. The number of anilines is 1. The van der Waals surface area contributed by atoms with Gasteiger partial charge in [0.25, 0.3) is 0 Å². The lowest BCUT2D eigenvalue weighted by molar-refractivity contribution is -0.137. The lowest BCUT2D eigenvalue weighted by atomic mass is 9.99. The maximum atomic E-state index is 13.1. The standard InChI is InChI=1S/C14H18F3N/c1-10(2)11-5-6-13(18-7-3-4-8-18)12(9-11)14(15,16)17/h5-6,9-10H,3-4,7-8H2,1-2H3. The van der Waals surface area contributed by atoms with Gasteiger partial charge in [0.1, 0.15) is 0 Å². The van der Waals surface area contributed by atoms with Crippen LogP contribution in [0.5, 0.6) is 0 Å². The molecule has 0 aliphatic carbocycles. The second-order valence-electron chi connectivity index (χ2n) is 5.12. The molecule has 1 saturated heterocycles. The van der Waals surface area contributed by atoms with E-state index in [1.54, 1.807) is 6.07 Å². The predicted molar refractivity (Wildman–Crippen MR) is 67.0 cm³/mol. The number of rotatable bonds is 2. The molecule has 0 radical (unpaired) electrons. The number of hydrogen-bond acceptors (Lipinski definition) is 1. The summed E-state index contributed by atoms with van der Waals surface area (Å²) in [5.41, 5.74) is 0.588. The van der Waals surface area contributed by atoms with Gasteiger partial charge in [0.15, 0.2) is 0 Å². The van der Waals surface area contributed by atoms with E-state index in [2.05, 4.69) is 0 Å². The summed E-state index contributed by atoms with van der Waals surface area (Å²) in [4.78, 5) is 1.84. The Kier molecular flexibility index (Phi) is 3.55. The van der Waals surface area contributed by atoms with Crippen LogP contribution in [0.2, 0.25) is 0 Å². The summed E-state index contributed by atoms with van der Waals surface area (Å²) in [5, 5.41) is 0. The van der Waals surface area contributed by atoms with Crippen LogP contribution in [-0.2, 0) is 6.18 Å². The predicted octanol–water partition coefficient (Wildman–Crippen LogP) is 4.43.